The van der Waals surface area contributed by atoms with Crippen LogP contribution in [0.25, 0.3) is 0 Å². The monoisotopic (exact) mass is 336 g/mol. The van der Waals surface area contributed by atoms with Gasteiger partial charge in [-0.3, -0.25) is 0 Å². The number of rotatable bonds is 8. The van der Waals surface area contributed by atoms with Gasteiger partial charge >= 0.3 is 0 Å². The molecule has 1 aromatic carbocycles. The van der Waals surface area contributed by atoms with Crippen molar-refractivity contribution in [3.63, 3.8) is 0 Å². The Morgan fingerprint density at radius 3 is 2.67 bits per heavy atom. The molecule has 5 heteroatoms. The molecule has 0 aromatic heterocycles. The van der Waals surface area contributed by atoms with Gasteiger partial charge in [-0.05, 0) is 57.1 Å². The average molecular weight is 336 g/mol. The summed E-state index contributed by atoms with van der Waals surface area (Å²) >= 11 is 0. The summed E-state index contributed by atoms with van der Waals surface area (Å²) in [6.45, 7) is 6.68. The Balaban J connectivity index is 1.87. The first-order valence-electron chi connectivity index (χ1n) is 8.84. The van der Waals surface area contributed by atoms with Gasteiger partial charge in [-0.1, -0.05) is 13.0 Å². The van der Waals surface area contributed by atoms with Gasteiger partial charge in [-0.25, -0.2) is 0 Å². The molecule has 0 aliphatic carbocycles. The normalized spacial score (nSPS) is 21.9. The zero-order valence-electron chi connectivity index (χ0n) is 15.5. The standard InChI is InChI=1S/C19H32N2O3/c1-5-21-11-6-10-19(22,15-21)14-20(2)12-9-16-7-8-17(23-3)18(13-16)24-4/h7-8,13,22H,5-6,9-12,14-15H2,1-4H3/t19-/m0/s1. The van der Waals surface area contributed by atoms with Gasteiger partial charge in [0.25, 0.3) is 0 Å². The number of likely N-dealkylation sites (N-methyl/N-ethyl adjacent to an activating group) is 2. The van der Waals surface area contributed by atoms with Crippen LogP contribution in [0.3, 0.4) is 0 Å². The fourth-order valence-corrected chi connectivity index (χ4v) is 3.54. The Morgan fingerprint density at radius 1 is 1.25 bits per heavy atom. The molecule has 1 aliphatic heterocycles. The highest BCUT2D eigenvalue weighted by Crippen LogP contribution is 2.28. The van der Waals surface area contributed by atoms with Crippen molar-refractivity contribution in [2.45, 2.75) is 31.8 Å². The van der Waals surface area contributed by atoms with Crippen molar-refractivity contribution < 1.29 is 14.6 Å². The van der Waals surface area contributed by atoms with Crippen molar-refractivity contribution in [2.75, 3.05) is 54.0 Å². The maximum Gasteiger partial charge on any atom is 0.160 e. The molecular weight excluding hydrogens is 304 g/mol. The van der Waals surface area contributed by atoms with E-state index in [2.05, 4.69) is 29.8 Å². The van der Waals surface area contributed by atoms with E-state index >= 15 is 0 Å². The zero-order chi connectivity index (χ0) is 17.6. The topological polar surface area (TPSA) is 45.2 Å². The molecule has 0 bridgehead atoms. The summed E-state index contributed by atoms with van der Waals surface area (Å²) < 4.78 is 10.6. The number of piperidine rings is 1. The fraction of sp³-hybridized carbons (Fsp3) is 0.684. The van der Waals surface area contributed by atoms with E-state index in [0.29, 0.717) is 0 Å². The lowest BCUT2D eigenvalue weighted by Gasteiger charge is -2.40. The van der Waals surface area contributed by atoms with Gasteiger partial charge in [0.15, 0.2) is 11.5 Å². The van der Waals surface area contributed by atoms with Gasteiger partial charge < -0.3 is 24.4 Å². The third-order valence-corrected chi connectivity index (χ3v) is 4.88. The maximum absolute atomic E-state index is 10.9. The number of nitrogens with zero attached hydrogens (tertiary/aromatic N) is 2. The molecule has 0 spiro atoms. The van der Waals surface area contributed by atoms with Crippen LogP contribution in [0, 0.1) is 0 Å². The number of ether oxygens (including phenoxy) is 2. The van der Waals surface area contributed by atoms with Crippen molar-refractivity contribution in [3.05, 3.63) is 23.8 Å². The molecule has 1 aliphatic rings. The highest BCUT2D eigenvalue weighted by molar-refractivity contribution is 5.42. The number of aliphatic hydroxyl groups is 1. The van der Waals surface area contributed by atoms with E-state index in [1.54, 1.807) is 14.2 Å². The quantitative estimate of drug-likeness (QED) is 0.787. The smallest absolute Gasteiger partial charge is 0.160 e. The average Bonchev–Trinajstić information content (AvgIpc) is 2.59. The minimum Gasteiger partial charge on any atom is -0.493 e. The summed E-state index contributed by atoms with van der Waals surface area (Å²) in [5.74, 6) is 1.52. The molecular formula is C19H32N2O3. The Kier molecular flexibility index (Phi) is 6.90. The number of hydrogen-bond acceptors (Lipinski definition) is 5. The molecule has 0 radical (unpaired) electrons. The van der Waals surface area contributed by atoms with Crippen LogP contribution in [-0.4, -0.2) is 74.5 Å². The second-order valence-corrected chi connectivity index (χ2v) is 6.87. The number of β-amino-alcohol motifs (C(OH)–C–C–N with tert-alkyl or cyclic N) is 1. The highest BCUT2D eigenvalue weighted by Gasteiger charge is 2.33. The maximum atomic E-state index is 10.9. The lowest BCUT2D eigenvalue weighted by atomic mass is 9.92. The Bertz CT molecular complexity index is 523. The van der Waals surface area contributed by atoms with Gasteiger partial charge in [0.1, 0.15) is 0 Å². The van der Waals surface area contributed by atoms with Crippen LogP contribution in [0.15, 0.2) is 18.2 Å². The molecule has 0 unspecified atom stereocenters. The van der Waals surface area contributed by atoms with Crippen LogP contribution in [-0.2, 0) is 6.42 Å². The van der Waals surface area contributed by atoms with Crippen molar-refractivity contribution >= 4 is 0 Å². The van der Waals surface area contributed by atoms with Crippen molar-refractivity contribution in [2.24, 2.45) is 0 Å². The van der Waals surface area contributed by atoms with Gasteiger partial charge in [-0.15, -0.1) is 0 Å². The zero-order valence-corrected chi connectivity index (χ0v) is 15.5. The van der Waals surface area contributed by atoms with Crippen LogP contribution in [0.4, 0.5) is 0 Å². The van der Waals surface area contributed by atoms with Crippen molar-refractivity contribution in [1.82, 2.24) is 9.80 Å². The number of likely N-dealkylation sites (tertiary alicyclic amines) is 1. The second kappa shape index (κ2) is 8.70. The van der Waals surface area contributed by atoms with E-state index in [1.165, 1.54) is 5.56 Å². The number of hydrogen-bond donors (Lipinski definition) is 1. The van der Waals surface area contributed by atoms with E-state index in [0.717, 1.165) is 63.5 Å². The molecule has 5 nitrogen and oxygen atoms in total. The summed E-state index contributed by atoms with van der Waals surface area (Å²) in [4.78, 5) is 4.57. The highest BCUT2D eigenvalue weighted by atomic mass is 16.5. The fourth-order valence-electron chi connectivity index (χ4n) is 3.54. The predicted octanol–water partition coefficient (Wildman–Crippen LogP) is 2.02. The third-order valence-electron chi connectivity index (χ3n) is 4.88. The van der Waals surface area contributed by atoms with Crippen LogP contribution in [0.1, 0.15) is 25.3 Å². The summed E-state index contributed by atoms with van der Waals surface area (Å²) in [5, 5.41) is 10.9. The Labute approximate surface area is 146 Å². The molecule has 0 amide bonds. The number of methoxy groups -OCH3 is 2. The van der Waals surface area contributed by atoms with Crippen molar-refractivity contribution in [3.8, 4) is 11.5 Å². The molecule has 1 fully saturated rings. The van der Waals surface area contributed by atoms with Crippen LogP contribution in [0.2, 0.25) is 0 Å². The molecule has 1 heterocycles. The van der Waals surface area contributed by atoms with E-state index < -0.39 is 5.60 Å². The largest absolute Gasteiger partial charge is 0.493 e. The van der Waals surface area contributed by atoms with Gasteiger partial charge in [0.05, 0.1) is 19.8 Å². The summed E-state index contributed by atoms with van der Waals surface area (Å²) in [6.07, 6.45) is 2.89. The molecule has 2 rings (SSSR count). The molecule has 24 heavy (non-hydrogen) atoms. The van der Waals surface area contributed by atoms with E-state index in [1.807, 2.05) is 12.1 Å². The molecule has 1 atom stereocenters. The lowest BCUT2D eigenvalue weighted by Crippen LogP contribution is -2.53. The van der Waals surface area contributed by atoms with Gasteiger partial charge in [0.2, 0.25) is 0 Å². The molecule has 1 N–H and O–H groups in total. The first-order chi connectivity index (χ1) is 11.5. The Hall–Kier alpha value is -1.30. The molecule has 136 valence electrons. The van der Waals surface area contributed by atoms with E-state index in [4.69, 9.17) is 9.47 Å². The van der Waals surface area contributed by atoms with Crippen molar-refractivity contribution in [1.29, 1.82) is 0 Å². The predicted molar refractivity (Wildman–Crippen MR) is 97.0 cm³/mol. The van der Waals surface area contributed by atoms with Crippen LogP contribution in [0.5, 0.6) is 11.5 Å². The first kappa shape index (κ1) is 19.0. The Morgan fingerprint density at radius 2 is 2.00 bits per heavy atom. The minimum atomic E-state index is -0.583. The van der Waals surface area contributed by atoms with Gasteiger partial charge in [0, 0.05) is 19.6 Å². The number of benzene rings is 1. The minimum absolute atomic E-state index is 0.583. The third kappa shape index (κ3) is 5.10. The van der Waals surface area contributed by atoms with Crippen LogP contribution >= 0.6 is 0 Å². The van der Waals surface area contributed by atoms with E-state index in [-0.39, 0.29) is 0 Å². The van der Waals surface area contributed by atoms with Crippen LogP contribution < -0.4 is 9.47 Å². The molecule has 1 aromatic rings. The summed E-state index contributed by atoms with van der Waals surface area (Å²) in [7, 11) is 5.39. The first-order valence-corrected chi connectivity index (χ1v) is 8.84. The summed E-state index contributed by atoms with van der Waals surface area (Å²) in [6, 6.07) is 6.05. The molecule has 0 saturated carbocycles. The van der Waals surface area contributed by atoms with Gasteiger partial charge in [-0.2, -0.15) is 0 Å². The SMILES string of the molecule is CCN1CCC[C@](O)(CN(C)CCc2ccc(OC)c(OC)c2)C1. The second-order valence-electron chi connectivity index (χ2n) is 6.87. The summed E-state index contributed by atoms with van der Waals surface area (Å²) in [5.41, 5.74) is 0.631. The lowest BCUT2D eigenvalue weighted by molar-refractivity contribution is -0.0478. The van der Waals surface area contributed by atoms with E-state index in [9.17, 15) is 5.11 Å². The molecule has 1 saturated heterocycles.